The molecular weight excluding hydrogens is 733 g/mol. The smallest absolute Gasteiger partial charge is 0.297 e. The Morgan fingerprint density at radius 1 is 0.467 bits per heavy atom. The summed E-state index contributed by atoms with van der Waals surface area (Å²) in [5.41, 5.74) is 20.0. The molecule has 6 heteroatoms. The van der Waals surface area contributed by atoms with E-state index in [0.29, 0.717) is 0 Å². The molecule has 0 N–H and O–H groups in total. The van der Waals surface area contributed by atoms with Gasteiger partial charge in [-0.2, -0.15) is 0 Å². The van der Waals surface area contributed by atoms with E-state index in [1.807, 2.05) is 6.07 Å². The Kier molecular flexibility index (Phi) is 6.06. The third-order valence-corrected chi connectivity index (χ3v) is 13.4. The fraction of sp³-hybridized carbons (Fsp3) is 0.0741. The van der Waals surface area contributed by atoms with Crippen LogP contribution >= 0.6 is 0 Å². The molecule has 0 spiro atoms. The quantitative estimate of drug-likeness (QED) is 0.164. The molecule has 8 aromatic carbocycles. The Labute approximate surface area is 346 Å². The Hall–Kier alpha value is -7.44. The lowest BCUT2D eigenvalue weighted by Gasteiger charge is -2.45. The first-order valence-electron chi connectivity index (χ1n) is 20.9. The molecule has 0 amide bonds. The Bertz CT molecular complexity index is 3680. The molecule has 3 aliphatic rings. The topological polar surface area (TPSA) is 37.7 Å². The van der Waals surface area contributed by atoms with E-state index in [-0.39, 0.29) is 12.1 Å². The van der Waals surface area contributed by atoms with Crippen LogP contribution in [0.15, 0.2) is 173 Å². The van der Waals surface area contributed by atoms with Crippen LogP contribution in [0.2, 0.25) is 0 Å². The first-order chi connectivity index (χ1) is 29.4. The summed E-state index contributed by atoms with van der Waals surface area (Å²) >= 11 is 0. The minimum Gasteiger partial charge on any atom is -0.468 e. The fourth-order valence-electron chi connectivity index (χ4n) is 10.7. The van der Waals surface area contributed by atoms with Crippen LogP contribution < -0.4 is 26.4 Å². The van der Waals surface area contributed by atoms with E-state index in [1.54, 1.807) is 0 Å². The van der Waals surface area contributed by atoms with Crippen molar-refractivity contribution in [2.45, 2.75) is 26.2 Å². The first-order valence-corrected chi connectivity index (χ1v) is 20.9. The monoisotopic (exact) mass is 769 g/mol. The second-order valence-electron chi connectivity index (χ2n) is 17.7. The van der Waals surface area contributed by atoms with Crippen molar-refractivity contribution in [3.05, 3.63) is 169 Å². The summed E-state index contributed by atoms with van der Waals surface area (Å²) in [6.07, 6.45) is 0. The number of para-hydroxylation sites is 4. The zero-order valence-electron chi connectivity index (χ0n) is 33.3. The minimum absolute atomic E-state index is 0.148. The lowest BCUT2D eigenvalue weighted by atomic mass is 9.35. The number of hydrogen-bond acceptors (Lipinski definition) is 4. The Morgan fingerprint density at radius 3 is 2.05 bits per heavy atom. The predicted octanol–water partition coefficient (Wildman–Crippen LogP) is 12.8. The summed E-state index contributed by atoms with van der Waals surface area (Å²) in [7, 11) is 0. The van der Waals surface area contributed by atoms with E-state index in [2.05, 4.69) is 193 Å². The number of rotatable bonds is 2. The van der Waals surface area contributed by atoms with Crippen LogP contribution in [0.3, 0.4) is 0 Å². The van der Waals surface area contributed by atoms with Gasteiger partial charge < -0.3 is 23.2 Å². The van der Waals surface area contributed by atoms with Crippen LogP contribution in [-0.4, -0.2) is 11.3 Å². The molecule has 0 radical (unpaired) electrons. The molecular formula is C54H36BN3O2. The van der Waals surface area contributed by atoms with Crippen molar-refractivity contribution in [3.8, 4) is 16.8 Å². The molecule has 3 aromatic heterocycles. The molecule has 0 unspecified atom stereocenters. The number of fused-ring (bicyclic) bond motifs is 14. The zero-order valence-corrected chi connectivity index (χ0v) is 33.3. The molecule has 14 rings (SSSR count). The normalized spacial score (nSPS) is 13.8. The van der Waals surface area contributed by atoms with Crippen molar-refractivity contribution >= 4 is 112 Å². The van der Waals surface area contributed by atoms with Gasteiger partial charge in [-0.15, -0.1) is 0 Å². The predicted molar refractivity (Wildman–Crippen MR) is 250 cm³/mol. The summed E-state index contributed by atoms with van der Waals surface area (Å²) in [4.78, 5) is 5.04. The molecule has 0 fully saturated rings. The van der Waals surface area contributed by atoms with Gasteiger partial charge in [0.15, 0.2) is 0 Å². The maximum Gasteiger partial charge on any atom is 0.297 e. The van der Waals surface area contributed by atoms with Crippen LogP contribution in [0, 0.1) is 0 Å². The van der Waals surface area contributed by atoms with Gasteiger partial charge >= 0.3 is 0 Å². The van der Waals surface area contributed by atoms with Gasteiger partial charge in [-0.05, 0) is 93.7 Å². The lowest BCUT2D eigenvalue weighted by Crippen LogP contribution is -2.61. The molecule has 0 saturated heterocycles. The standard InChI is InChI=1S/C54H36BN3O2/c1-54(2,3)33-28-44-49-45(29-33)58-42-20-11-17-38-35-15-7-9-19-41(35)57(50(38)42)43-21-12-18-40(52(43)58)55(49)53-51(39-27-32(23-26-47(39)60-53)31-13-5-4-6-14-31)56(44)34-24-25-37-36-16-8-10-22-46(36)59-48(37)30-34/h4-30H,1-3H3. The second-order valence-corrected chi connectivity index (χ2v) is 17.7. The number of nitrogens with zero attached hydrogens (tertiary/aromatic N) is 3. The average molecular weight is 770 g/mol. The molecule has 6 heterocycles. The van der Waals surface area contributed by atoms with Gasteiger partial charge in [0, 0.05) is 50.1 Å². The van der Waals surface area contributed by atoms with E-state index in [9.17, 15) is 0 Å². The van der Waals surface area contributed by atoms with Crippen molar-refractivity contribution in [3.63, 3.8) is 0 Å². The van der Waals surface area contributed by atoms with Gasteiger partial charge in [-0.25, -0.2) is 0 Å². The fourth-order valence-corrected chi connectivity index (χ4v) is 10.7. The summed E-state index contributed by atoms with van der Waals surface area (Å²) in [6, 6.07) is 59.8. The molecule has 11 aromatic rings. The highest BCUT2D eigenvalue weighted by atomic mass is 16.3. The highest BCUT2D eigenvalue weighted by Gasteiger charge is 2.49. The lowest BCUT2D eigenvalue weighted by molar-refractivity contribution is 0.590. The van der Waals surface area contributed by atoms with Crippen molar-refractivity contribution < 1.29 is 8.83 Å². The summed E-state index contributed by atoms with van der Waals surface area (Å²) in [5, 5.41) is 5.84. The van der Waals surface area contributed by atoms with Crippen LogP contribution in [0.25, 0.3) is 71.5 Å². The zero-order chi connectivity index (χ0) is 39.6. The van der Waals surface area contributed by atoms with Gasteiger partial charge in [0.25, 0.3) is 6.71 Å². The van der Waals surface area contributed by atoms with Gasteiger partial charge in [0.05, 0.1) is 39.4 Å². The summed E-state index contributed by atoms with van der Waals surface area (Å²) < 4.78 is 16.4. The molecule has 282 valence electrons. The van der Waals surface area contributed by atoms with Crippen LogP contribution in [0.1, 0.15) is 26.3 Å². The SMILES string of the molecule is CC(C)(C)c1cc2c3c(c1)N1c4c(cccc4-n4c5ccccc5c5cccc1c54)B3c1oc3ccc(-c4ccccc4)cc3c1N2c1ccc2c(c1)oc1ccccc12. The van der Waals surface area contributed by atoms with E-state index in [4.69, 9.17) is 8.83 Å². The highest BCUT2D eigenvalue weighted by molar-refractivity contribution is 7.00. The van der Waals surface area contributed by atoms with E-state index >= 15 is 0 Å². The number of furan rings is 2. The summed E-state index contributed by atoms with van der Waals surface area (Å²) in [5.74, 6) is 0. The Balaban J connectivity index is 1.14. The van der Waals surface area contributed by atoms with Crippen LogP contribution in [0.4, 0.5) is 34.1 Å². The maximum atomic E-state index is 7.29. The maximum absolute atomic E-state index is 7.29. The van der Waals surface area contributed by atoms with E-state index in [0.717, 1.165) is 61.2 Å². The average Bonchev–Trinajstić information content (AvgIpc) is 3.95. The van der Waals surface area contributed by atoms with Crippen LogP contribution in [0.5, 0.6) is 0 Å². The van der Waals surface area contributed by atoms with Gasteiger partial charge in [-0.3, -0.25) is 0 Å². The Morgan fingerprint density at radius 2 is 1.18 bits per heavy atom. The third-order valence-electron chi connectivity index (χ3n) is 13.4. The third kappa shape index (κ3) is 4.08. The summed E-state index contributed by atoms with van der Waals surface area (Å²) in [6.45, 7) is 6.82. The number of benzene rings is 8. The van der Waals surface area contributed by atoms with Crippen molar-refractivity contribution in [1.82, 2.24) is 4.57 Å². The van der Waals surface area contributed by atoms with Gasteiger partial charge in [-0.1, -0.05) is 118 Å². The first kappa shape index (κ1) is 32.5. The molecule has 3 aliphatic heterocycles. The molecule has 5 nitrogen and oxygen atoms in total. The van der Waals surface area contributed by atoms with E-state index in [1.165, 1.54) is 66.6 Å². The highest BCUT2D eigenvalue weighted by Crippen LogP contribution is 2.54. The van der Waals surface area contributed by atoms with Gasteiger partial charge in [0.1, 0.15) is 16.7 Å². The number of hydrogen-bond donors (Lipinski definition) is 0. The second kappa shape index (κ2) is 11.2. The molecule has 0 atom stereocenters. The molecule has 60 heavy (non-hydrogen) atoms. The molecule has 0 aliphatic carbocycles. The van der Waals surface area contributed by atoms with Crippen molar-refractivity contribution in [1.29, 1.82) is 0 Å². The van der Waals surface area contributed by atoms with Crippen molar-refractivity contribution in [2.75, 3.05) is 9.80 Å². The largest absolute Gasteiger partial charge is 0.468 e. The van der Waals surface area contributed by atoms with Crippen molar-refractivity contribution in [2.24, 2.45) is 0 Å². The molecule has 0 saturated carbocycles. The van der Waals surface area contributed by atoms with Crippen LogP contribution in [-0.2, 0) is 5.41 Å². The number of anilines is 6. The minimum atomic E-state index is -0.161. The van der Waals surface area contributed by atoms with Gasteiger partial charge in [0.2, 0.25) is 0 Å². The van der Waals surface area contributed by atoms with E-state index < -0.39 is 0 Å². The molecule has 0 bridgehead atoms. The number of aromatic nitrogens is 1.